The van der Waals surface area contributed by atoms with Crippen LogP contribution in [0.1, 0.15) is 92.9 Å². The van der Waals surface area contributed by atoms with Crippen LogP contribution in [-0.4, -0.2) is 19.3 Å². The molecule has 2 heteroatoms. The number of unbranched alkanes of at least 4 members (excludes halogenated alkanes) is 6. The highest BCUT2D eigenvalue weighted by Gasteiger charge is 2.30. The lowest BCUT2D eigenvalue weighted by atomic mass is 9.75. The minimum atomic E-state index is 0.358. The van der Waals surface area contributed by atoms with E-state index in [9.17, 15) is 0 Å². The normalized spacial score (nSPS) is 13.9. The van der Waals surface area contributed by atoms with Crippen LogP contribution in [-0.2, 0) is 0 Å². The van der Waals surface area contributed by atoms with E-state index in [2.05, 4.69) is 52.2 Å². The van der Waals surface area contributed by atoms with Crippen molar-refractivity contribution in [2.24, 2.45) is 11.3 Å². The molecule has 0 fully saturated rings. The average Bonchev–Trinajstić information content (AvgIpc) is 2.40. The average molecular weight is 299 g/mol. The standard InChI is InChI=1S/C19H42N2/c1-7-10-11-12-13-14-15-16-17(19(4,5)6)18(20-8-2)21-9-3/h17-18,20-21H,7-16H2,1-6H3. The molecule has 2 N–H and O–H groups in total. The van der Waals surface area contributed by atoms with E-state index in [0.717, 1.165) is 13.1 Å². The summed E-state index contributed by atoms with van der Waals surface area (Å²) in [7, 11) is 0. The second-order valence-electron chi connectivity index (χ2n) is 7.48. The van der Waals surface area contributed by atoms with Gasteiger partial charge in [-0.25, -0.2) is 0 Å². The zero-order valence-electron chi connectivity index (χ0n) is 15.7. The van der Waals surface area contributed by atoms with Crippen LogP contribution in [0.15, 0.2) is 0 Å². The summed E-state index contributed by atoms with van der Waals surface area (Å²) in [5.41, 5.74) is 0.358. The van der Waals surface area contributed by atoms with E-state index in [-0.39, 0.29) is 0 Å². The molecule has 1 unspecified atom stereocenters. The molecular weight excluding hydrogens is 256 g/mol. The van der Waals surface area contributed by atoms with Crippen LogP contribution >= 0.6 is 0 Å². The Morgan fingerprint density at radius 1 is 0.714 bits per heavy atom. The van der Waals surface area contributed by atoms with Crippen molar-refractivity contribution in [3.63, 3.8) is 0 Å². The monoisotopic (exact) mass is 298 g/mol. The van der Waals surface area contributed by atoms with Crippen molar-refractivity contribution in [2.45, 2.75) is 99.1 Å². The van der Waals surface area contributed by atoms with Crippen LogP contribution in [0.5, 0.6) is 0 Å². The molecule has 0 saturated heterocycles. The van der Waals surface area contributed by atoms with Gasteiger partial charge in [0.1, 0.15) is 0 Å². The smallest absolute Gasteiger partial charge is 0.0605 e. The molecule has 128 valence electrons. The predicted octanol–water partition coefficient (Wildman–Crippen LogP) is 5.33. The van der Waals surface area contributed by atoms with Crippen LogP contribution in [0.4, 0.5) is 0 Å². The van der Waals surface area contributed by atoms with Crippen molar-refractivity contribution in [3.8, 4) is 0 Å². The third kappa shape index (κ3) is 10.3. The van der Waals surface area contributed by atoms with Gasteiger partial charge in [-0.05, 0) is 30.8 Å². The molecule has 0 aromatic heterocycles. The molecule has 0 aromatic rings. The summed E-state index contributed by atoms with van der Waals surface area (Å²) in [6.07, 6.45) is 11.6. The first-order valence-electron chi connectivity index (χ1n) is 9.44. The molecule has 0 radical (unpaired) electrons. The van der Waals surface area contributed by atoms with Crippen molar-refractivity contribution in [2.75, 3.05) is 13.1 Å². The summed E-state index contributed by atoms with van der Waals surface area (Å²) in [4.78, 5) is 0. The van der Waals surface area contributed by atoms with Gasteiger partial charge in [-0.1, -0.05) is 86.5 Å². The second kappa shape index (κ2) is 12.5. The first-order valence-corrected chi connectivity index (χ1v) is 9.44. The predicted molar refractivity (Wildman–Crippen MR) is 96.7 cm³/mol. The minimum Gasteiger partial charge on any atom is -0.302 e. The number of nitrogens with one attached hydrogen (secondary N) is 2. The summed E-state index contributed by atoms with van der Waals surface area (Å²) in [6.45, 7) is 16.0. The molecule has 21 heavy (non-hydrogen) atoms. The fourth-order valence-corrected chi connectivity index (χ4v) is 3.22. The maximum Gasteiger partial charge on any atom is 0.0605 e. The van der Waals surface area contributed by atoms with Gasteiger partial charge < -0.3 is 10.6 Å². The lowest BCUT2D eigenvalue weighted by Crippen LogP contribution is -2.51. The molecule has 0 amide bonds. The van der Waals surface area contributed by atoms with Crippen molar-refractivity contribution >= 4 is 0 Å². The minimum absolute atomic E-state index is 0.358. The van der Waals surface area contributed by atoms with Crippen LogP contribution in [0.25, 0.3) is 0 Å². The zero-order chi connectivity index (χ0) is 16.1. The SMILES string of the molecule is CCCCCCCCCC(C(NCC)NCC)C(C)(C)C. The molecule has 0 aliphatic carbocycles. The molecule has 0 rings (SSSR count). The summed E-state index contributed by atoms with van der Waals surface area (Å²) < 4.78 is 0. The summed E-state index contributed by atoms with van der Waals surface area (Å²) in [5.74, 6) is 0.702. The van der Waals surface area contributed by atoms with E-state index in [1.54, 1.807) is 0 Å². The molecule has 0 bridgehead atoms. The van der Waals surface area contributed by atoms with E-state index in [1.165, 1.54) is 51.4 Å². The maximum absolute atomic E-state index is 3.65. The Labute approximate surface area is 134 Å². The third-order valence-corrected chi connectivity index (χ3v) is 4.48. The number of hydrogen-bond donors (Lipinski definition) is 2. The Hall–Kier alpha value is -0.0800. The molecule has 1 atom stereocenters. The van der Waals surface area contributed by atoms with Gasteiger partial charge in [0.05, 0.1) is 6.17 Å². The Balaban J connectivity index is 4.18. The number of rotatable bonds is 13. The van der Waals surface area contributed by atoms with E-state index in [1.807, 2.05) is 0 Å². The van der Waals surface area contributed by atoms with E-state index < -0.39 is 0 Å². The summed E-state index contributed by atoms with van der Waals surface area (Å²) in [6, 6.07) is 0. The highest BCUT2D eigenvalue weighted by molar-refractivity contribution is 4.83. The van der Waals surface area contributed by atoms with Gasteiger partial charge in [0.15, 0.2) is 0 Å². The number of hydrogen-bond acceptors (Lipinski definition) is 2. The summed E-state index contributed by atoms with van der Waals surface area (Å²) >= 11 is 0. The van der Waals surface area contributed by atoms with Gasteiger partial charge in [0.2, 0.25) is 0 Å². The van der Waals surface area contributed by atoms with E-state index in [4.69, 9.17) is 0 Å². The first kappa shape index (κ1) is 20.9. The Bertz CT molecular complexity index is 214. The van der Waals surface area contributed by atoms with Crippen LogP contribution in [0.3, 0.4) is 0 Å². The third-order valence-electron chi connectivity index (χ3n) is 4.48. The van der Waals surface area contributed by atoms with Gasteiger partial charge in [-0.3, -0.25) is 0 Å². The molecule has 0 heterocycles. The lowest BCUT2D eigenvalue weighted by molar-refractivity contribution is 0.143. The fourth-order valence-electron chi connectivity index (χ4n) is 3.22. The molecule has 0 spiro atoms. The Kier molecular flexibility index (Phi) is 12.4. The highest BCUT2D eigenvalue weighted by Crippen LogP contribution is 2.32. The highest BCUT2D eigenvalue weighted by atomic mass is 15.1. The van der Waals surface area contributed by atoms with Gasteiger partial charge in [0.25, 0.3) is 0 Å². The molecule has 0 saturated carbocycles. The van der Waals surface area contributed by atoms with Crippen molar-refractivity contribution in [1.82, 2.24) is 10.6 Å². The Morgan fingerprint density at radius 3 is 1.62 bits per heavy atom. The topological polar surface area (TPSA) is 24.1 Å². The first-order chi connectivity index (χ1) is 9.97. The van der Waals surface area contributed by atoms with Crippen molar-refractivity contribution in [1.29, 1.82) is 0 Å². The quantitative estimate of drug-likeness (QED) is 0.354. The zero-order valence-corrected chi connectivity index (χ0v) is 15.7. The molecule has 0 aliphatic heterocycles. The van der Waals surface area contributed by atoms with Crippen LogP contribution in [0, 0.1) is 11.3 Å². The molecular formula is C19H42N2. The maximum atomic E-state index is 3.65. The van der Waals surface area contributed by atoms with Gasteiger partial charge in [0, 0.05) is 0 Å². The van der Waals surface area contributed by atoms with Crippen molar-refractivity contribution in [3.05, 3.63) is 0 Å². The van der Waals surface area contributed by atoms with E-state index in [0.29, 0.717) is 17.5 Å². The molecule has 2 nitrogen and oxygen atoms in total. The molecule has 0 aliphatic rings. The van der Waals surface area contributed by atoms with Gasteiger partial charge in [-0.15, -0.1) is 0 Å². The fraction of sp³-hybridized carbons (Fsp3) is 1.00. The summed E-state index contributed by atoms with van der Waals surface area (Å²) in [5, 5.41) is 7.30. The Morgan fingerprint density at radius 2 is 1.19 bits per heavy atom. The largest absolute Gasteiger partial charge is 0.302 e. The lowest BCUT2D eigenvalue weighted by Gasteiger charge is -2.38. The van der Waals surface area contributed by atoms with Crippen LogP contribution in [0.2, 0.25) is 0 Å². The van der Waals surface area contributed by atoms with Gasteiger partial charge >= 0.3 is 0 Å². The van der Waals surface area contributed by atoms with Crippen molar-refractivity contribution < 1.29 is 0 Å². The van der Waals surface area contributed by atoms with Crippen LogP contribution < -0.4 is 10.6 Å². The molecule has 0 aromatic carbocycles. The second-order valence-corrected chi connectivity index (χ2v) is 7.48. The van der Waals surface area contributed by atoms with E-state index >= 15 is 0 Å². The van der Waals surface area contributed by atoms with Gasteiger partial charge in [-0.2, -0.15) is 0 Å².